The highest BCUT2D eigenvalue weighted by Gasteiger charge is 2.02. The van der Waals surface area contributed by atoms with Gasteiger partial charge in [0.1, 0.15) is 12.4 Å². The van der Waals surface area contributed by atoms with Crippen LogP contribution in [0.25, 0.3) is 0 Å². The molecule has 1 heterocycles. The zero-order chi connectivity index (χ0) is 17.9. The summed E-state index contributed by atoms with van der Waals surface area (Å²) in [7, 11) is 2.11. The molecule has 134 valence electrons. The quantitative estimate of drug-likeness (QED) is 0.611. The van der Waals surface area contributed by atoms with E-state index in [0.717, 1.165) is 24.5 Å². The summed E-state index contributed by atoms with van der Waals surface area (Å²) in [6.45, 7) is 4.82. The molecule has 0 fully saturated rings. The van der Waals surface area contributed by atoms with Crippen LogP contribution < -0.4 is 15.4 Å². The number of carbonyl (C=O) groups excluding carboxylic acids is 1. The summed E-state index contributed by atoms with van der Waals surface area (Å²) in [6.07, 6.45) is 6.07. The number of carbonyl (C=O) groups is 1. The molecule has 1 amide bonds. The second kappa shape index (κ2) is 10.2. The van der Waals surface area contributed by atoms with Crippen molar-refractivity contribution in [3.8, 4) is 5.75 Å². The third-order valence-corrected chi connectivity index (χ3v) is 3.60. The average Bonchev–Trinajstić information content (AvgIpc) is 2.62. The lowest BCUT2D eigenvalue weighted by atomic mass is 10.3. The highest BCUT2D eigenvalue weighted by molar-refractivity contribution is 5.70. The van der Waals surface area contributed by atoms with Gasteiger partial charge in [-0.3, -0.25) is 4.79 Å². The van der Waals surface area contributed by atoms with Crippen LogP contribution in [0.2, 0.25) is 0 Å². The Morgan fingerprint density at radius 1 is 1.20 bits per heavy atom. The Labute approximate surface area is 148 Å². The summed E-state index contributed by atoms with van der Waals surface area (Å²) in [4.78, 5) is 20.9. The number of hydrogen-bond donors (Lipinski definition) is 2. The molecule has 0 saturated heterocycles. The SMILES string of the molecule is CCCCN(C)CCOc1cccc(Nc2ncc(NC=O)cn2)c1. The van der Waals surface area contributed by atoms with Crippen molar-refractivity contribution >= 4 is 23.7 Å². The minimum Gasteiger partial charge on any atom is -0.492 e. The number of benzene rings is 1. The molecule has 0 unspecified atom stereocenters. The van der Waals surface area contributed by atoms with Crippen LogP contribution in [0.1, 0.15) is 19.8 Å². The normalized spacial score (nSPS) is 10.5. The number of likely N-dealkylation sites (N-methyl/N-ethyl adjacent to an activating group) is 1. The Kier molecular flexibility index (Phi) is 7.65. The Morgan fingerprint density at radius 2 is 2.00 bits per heavy atom. The Morgan fingerprint density at radius 3 is 2.72 bits per heavy atom. The van der Waals surface area contributed by atoms with Crippen LogP contribution in [-0.2, 0) is 4.79 Å². The number of nitrogens with zero attached hydrogens (tertiary/aromatic N) is 3. The molecule has 7 nitrogen and oxygen atoms in total. The maximum absolute atomic E-state index is 10.4. The molecule has 2 N–H and O–H groups in total. The average molecular weight is 343 g/mol. The molecule has 0 saturated carbocycles. The zero-order valence-electron chi connectivity index (χ0n) is 14.7. The lowest BCUT2D eigenvalue weighted by Crippen LogP contribution is -2.25. The van der Waals surface area contributed by atoms with E-state index in [-0.39, 0.29) is 0 Å². The molecular formula is C18H25N5O2. The standard InChI is InChI=1S/C18H25N5O2/c1-3-4-8-23(2)9-10-25-17-7-5-6-15(11-17)22-18-19-12-16(13-20-18)21-14-24/h5-7,11-14H,3-4,8-10H2,1-2H3,(H,21,24)(H,19,20,22). The molecule has 25 heavy (non-hydrogen) atoms. The number of unbranched alkanes of at least 4 members (excludes halogenated alkanes) is 1. The minimum absolute atomic E-state index is 0.452. The molecule has 7 heteroatoms. The topological polar surface area (TPSA) is 79.4 Å². The van der Waals surface area contributed by atoms with Gasteiger partial charge in [-0.1, -0.05) is 19.4 Å². The molecule has 0 spiro atoms. The largest absolute Gasteiger partial charge is 0.492 e. The van der Waals surface area contributed by atoms with Crippen molar-refractivity contribution in [2.24, 2.45) is 0 Å². The van der Waals surface area contributed by atoms with Crippen LogP contribution in [0.4, 0.5) is 17.3 Å². The number of ether oxygens (including phenoxy) is 1. The molecule has 0 bridgehead atoms. The molecule has 0 aliphatic carbocycles. The van der Waals surface area contributed by atoms with E-state index in [2.05, 4.69) is 39.5 Å². The Balaban J connectivity index is 1.84. The Bertz CT molecular complexity index is 648. The van der Waals surface area contributed by atoms with Gasteiger partial charge in [0.2, 0.25) is 12.4 Å². The van der Waals surface area contributed by atoms with Gasteiger partial charge in [0.25, 0.3) is 0 Å². The fraction of sp³-hybridized carbons (Fsp3) is 0.389. The first-order chi connectivity index (χ1) is 12.2. The lowest BCUT2D eigenvalue weighted by molar-refractivity contribution is -0.105. The van der Waals surface area contributed by atoms with Crippen molar-refractivity contribution in [2.75, 3.05) is 37.4 Å². The maximum Gasteiger partial charge on any atom is 0.227 e. The van der Waals surface area contributed by atoms with E-state index >= 15 is 0 Å². The van der Waals surface area contributed by atoms with Crippen molar-refractivity contribution in [1.29, 1.82) is 0 Å². The van der Waals surface area contributed by atoms with Gasteiger partial charge >= 0.3 is 0 Å². The van der Waals surface area contributed by atoms with Gasteiger partial charge in [-0.2, -0.15) is 0 Å². The Hall–Kier alpha value is -2.67. The maximum atomic E-state index is 10.4. The number of anilines is 3. The lowest BCUT2D eigenvalue weighted by Gasteiger charge is -2.16. The molecule has 2 aromatic rings. The van der Waals surface area contributed by atoms with E-state index in [1.54, 1.807) is 0 Å². The minimum atomic E-state index is 0.452. The number of amides is 1. The van der Waals surface area contributed by atoms with Crippen LogP contribution in [0.3, 0.4) is 0 Å². The summed E-state index contributed by atoms with van der Waals surface area (Å²) >= 11 is 0. The predicted molar refractivity (Wildman–Crippen MR) is 99.3 cm³/mol. The van der Waals surface area contributed by atoms with E-state index in [9.17, 15) is 4.79 Å². The van der Waals surface area contributed by atoms with Gasteiger partial charge in [-0.15, -0.1) is 0 Å². The zero-order valence-corrected chi connectivity index (χ0v) is 14.7. The van der Waals surface area contributed by atoms with Crippen molar-refractivity contribution in [3.63, 3.8) is 0 Å². The molecule has 1 aromatic carbocycles. The highest BCUT2D eigenvalue weighted by Crippen LogP contribution is 2.20. The molecule has 0 aliphatic rings. The van der Waals surface area contributed by atoms with Gasteiger partial charge in [-0.05, 0) is 32.1 Å². The second-order valence-electron chi connectivity index (χ2n) is 5.72. The first-order valence-corrected chi connectivity index (χ1v) is 8.42. The first-order valence-electron chi connectivity index (χ1n) is 8.42. The number of hydrogen-bond acceptors (Lipinski definition) is 6. The van der Waals surface area contributed by atoms with Crippen molar-refractivity contribution < 1.29 is 9.53 Å². The summed E-state index contributed by atoms with van der Waals surface area (Å²) in [5.41, 5.74) is 1.39. The van der Waals surface area contributed by atoms with Gasteiger partial charge in [0.15, 0.2) is 0 Å². The van der Waals surface area contributed by atoms with E-state index in [1.807, 2.05) is 24.3 Å². The van der Waals surface area contributed by atoms with E-state index in [0.29, 0.717) is 24.7 Å². The van der Waals surface area contributed by atoms with Crippen molar-refractivity contribution in [3.05, 3.63) is 36.7 Å². The van der Waals surface area contributed by atoms with Crippen LogP contribution in [0, 0.1) is 0 Å². The molecule has 0 atom stereocenters. The summed E-state index contributed by atoms with van der Waals surface area (Å²) in [5, 5.41) is 5.61. The molecule has 0 aliphatic heterocycles. The van der Waals surface area contributed by atoms with Gasteiger partial charge in [0.05, 0.1) is 18.1 Å². The third kappa shape index (κ3) is 6.76. The van der Waals surface area contributed by atoms with E-state index < -0.39 is 0 Å². The predicted octanol–water partition coefficient (Wildman–Crippen LogP) is 2.90. The number of aromatic nitrogens is 2. The second-order valence-corrected chi connectivity index (χ2v) is 5.72. The van der Waals surface area contributed by atoms with Crippen LogP contribution in [0.15, 0.2) is 36.7 Å². The fourth-order valence-corrected chi connectivity index (χ4v) is 2.19. The third-order valence-electron chi connectivity index (χ3n) is 3.60. The van der Waals surface area contributed by atoms with Crippen molar-refractivity contribution in [2.45, 2.75) is 19.8 Å². The van der Waals surface area contributed by atoms with Gasteiger partial charge in [-0.25, -0.2) is 9.97 Å². The van der Waals surface area contributed by atoms with E-state index in [4.69, 9.17) is 4.74 Å². The van der Waals surface area contributed by atoms with Crippen LogP contribution >= 0.6 is 0 Å². The van der Waals surface area contributed by atoms with Crippen LogP contribution in [0.5, 0.6) is 5.75 Å². The number of rotatable bonds is 11. The summed E-state index contributed by atoms with van der Waals surface area (Å²) in [6, 6.07) is 7.67. The monoisotopic (exact) mass is 343 g/mol. The summed E-state index contributed by atoms with van der Waals surface area (Å²) < 4.78 is 5.81. The molecule has 2 rings (SSSR count). The van der Waals surface area contributed by atoms with Gasteiger partial charge in [0, 0.05) is 18.3 Å². The first kappa shape index (κ1) is 18.7. The van der Waals surface area contributed by atoms with Gasteiger partial charge < -0.3 is 20.3 Å². The van der Waals surface area contributed by atoms with Crippen molar-refractivity contribution in [1.82, 2.24) is 14.9 Å². The molecule has 0 radical (unpaired) electrons. The number of nitrogens with one attached hydrogen (secondary N) is 2. The smallest absolute Gasteiger partial charge is 0.227 e. The fourth-order valence-electron chi connectivity index (χ4n) is 2.19. The van der Waals surface area contributed by atoms with Crippen LogP contribution in [-0.4, -0.2) is 48.0 Å². The highest BCUT2D eigenvalue weighted by atomic mass is 16.5. The molecular weight excluding hydrogens is 318 g/mol. The van der Waals surface area contributed by atoms with E-state index in [1.165, 1.54) is 25.2 Å². The molecule has 1 aromatic heterocycles. The summed E-state index contributed by atoms with van der Waals surface area (Å²) in [5.74, 6) is 1.25.